The second-order valence-electron chi connectivity index (χ2n) is 4.19. The van der Waals surface area contributed by atoms with Crippen LogP contribution in [0.1, 0.15) is 19.5 Å². The van der Waals surface area contributed by atoms with E-state index >= 15 is 0 Å². The molecule has 0 aromatic carbocycles. The molecule has 0 bridgehead atoms. The van der Waals surface area contributed by atoms with Crippen LogP contribution in [0.15, 0.2) is 18.3 Å². The quantitative estimate of drug-likeness (QED) is 0.811. The smallest absolute Gasteiger partial charge is 0.241 e. The maximum absolute atomic E-state index is 11.9. The van der Waals surface area contributed by atoms with Crippen LogP contribution in [0.5, 0.6) is 0 Å². The third-order valence-electron chi connectivity index (χ3n) is 2.42. The van der Waals surface area contributed by atoms with Gasteiger partial charge < -0.3 is 10.6 Å². The Morgan fingerprint density at radius 3 is 2.62 bits per heavy atom. The molecule has 1 atom stereocenters. The van der Waals surface area contributed by atoms with E-state index in [0.717, 1.165) is 11.4 Å². The van der Waals surface area contributed by atoms with Crippen LogP contribution in [0, 0.1) is 12.8 Å². The van der Waals surface area contributed by atoms with Crippen LogP contribution in [-0.2, 0) is 4.79 Å². The van der Waals surface area contributed by atoms with Gasteiger partial charge in [0.1, 0.15) is 0 Å². The molecular weight excluding hydrogens is 202 g/mol. The van der Waals surface area contributed by atoms with Gasteiger partial charge >= 0.3 is 0 Å². The number of nitrogens with one attached hydrogen (secondary N) is 2. The second-order valence-corrected chi connectivity index (χ2v) is 4.19. The fraction of sp³-hybridized carbons (Fsp3) is 0.500. The number of likely N-dealkylation sites (N-methyl/N-ethyl adjacent to an activating group) is 1. The molecule has 0 spiro atoms. The fourth-order valence-corrected chi connectivity index (χ4v) is 1.61. The normalized spacial score (nSPS) is 12.6. The van der Waals surface area contributed by atoms with E-state index in [2.05, 4.69) is 15.6 Å². The lowest BCUT2D eigenvalue weighted by Gasteiger charge is -2.19. The Labute approximate surface area is 96.5 Å². The molecule has 1 aromatic heterocycles. The largest absolute Gasteiger partial charge is 0.325 e. The Bertz CT molecular complexity index is 363. The highest BCUT2D eigenvalue weighted by molar-refractivity contribution is 5.94. The summed E-state index contributed by atoms with van der Waals surface area (Å²) in [6.07, 6.45) is 1.69. The molecule has 4 nitrogen and oxygen atoms in total. The Kier molecular flexibility index (Phi) is 4.43. The average molecular weight is 221 g/mol. The Hall–Kier alpha value is -1.42. The second kappa shape index (κ2) is 5.61. The first-order valence-electron chi connectivity index (χ1n) is 5.45. The minimum atomic E-state index is -0.173. The number of hydrogen-bond donors (Lipinski definition) is 2. The maximum atomic E-state index is 11.9. The van der Waals surface area contributed by atoms with Gasteiger partial charge in [0, 0.05) is 17.6 Å². The maximum Gasteiger partial charge on any atom is 0.241 e. The summed E-state index contributed by atoms with van der Waals surface area (Å²) in [6, 6.07) is 3.47. The van der Waals surface area contributed by atoms with Crippen molar-refractivity contribution in [1.82, 2.24) is 10.3 Å². The highest BCUT2D eigenvalue weighted by Crippen LogP contribution is 2.09. The molecule has 4 heteroatoms. The number of anilines is 1. The molecule has 1 heterocycles. The zero-order chi connectivity index (χ0) is 12.1. The van der Waals surface area contributed by atoms with Gasteiger partial charge in [-0.05, 0) is 32.0 Å². The summed E-state index contributed by atoms with van der Waals surface area (Å²) < 4.78 is 0. The van der Waals surface area contributed by atoms with Crippen LogP contribution >= 0.6 is 0 Å². The number of aromatic nitrogens is 1. The van der Waals surface area contributed by atoms with Gasteiger partial charge in [-0.3, -0.25) is 9.78 Å². The zero-order valence-electron chi connectivity index (χ0n) is 10.2. The number of amides is 1. The van der Waals surface area contributed by atoms with Gasteiger partial charge in [-0.15, -0.1) is 0 Å². The summed E-state index contributed by atoms with van der Waals surface area (Å²) in [7, 11) is 1.79. The zero-order valence-corrected chi connectivity index (χ0v) is 10.2. The van der Waals surface area contributed by atoms with Crippen LogP contribution in [-0.4, -0.2) is 24.0 Å². The van der Waals surface area contributed by atoms with Crippen molar-refractivity contribution in [2.24, 2.45) is 5.92 Å². The third kappa shape index (κ3) is 3.31. The summed E-state index contributed by atoms with van der Waals surface area (Å²) in [4.78, 5) is 16.0. The molecule has 0 fully saturated rings. The molecule has 1 unspecified atom stereocenters. The van der Waals surface area contributed by atoms with Crippen LogP contribution in [0.4, 0.5) is 5.69 Å². The summed E-state index contributed by atoms with van der Waals surface area (Å²) in [5, 5.41) is 5.88. The molecule has 1 rings (SSSR count). The average Bonchev–Trinajstić information content (AvgIpc) is 2.17. The molecule has 0 aliphatic carbocycles. The topological polar surface area (TPSA) is 54.0 Å². The molecule has 0 saturated carbocycles. The predicted octanol–water partition coefficient (Wildman–Crippen LogP) is 1.57. The van der Waals surface area contributed by atoms with Crippen molar-refractivity contribution in [3.8, 4) is 0 Å². The van der Waals surface area contributed by atoms with E-state index in [1.165, 1.54) is 0 Å². The third-order valence-corrected chi connectivity index (χ3v) is 2.42. The van der Waals surface area contributed by atoms with Gasteiger partial charge in [-0.25, -0.2) is 0 Å². The molecule has 0 aliphatic rings. The number of hydrogen-bond acceptors (Lipinski definition) is 3. The van der Waals surface area contributed by atoms with Crippen molar-refractivity contribution in [3.63, 3.8) is 0 Å². The van der Waals surface area contributed by atoms with Gasteiger partial charge in [-0.1, -0.05) is 13.8 Å². The SMILES string of the molecule is CNC(C(=O)Nc1ccnc(C)c1)C(C)C. The van der Waals surface area contributed by atoms with Crippen LogP contribution in [0.25, 0.3) is 0 Å². The molecular formula is C12H19N3O. The van der Waals surface area contributed by atoms with Crippen LogP contribution in [0.3, 0.4) is 0 Å². The highest BCUT2D eigenvalue weighted by Gasteiger charge is 2.19. The first-order chi connectivity index (χ1) is 7.54. The molecule has 16 heavy (non-hydrogen) atoms. The van der Waals surface area contributed by atoms with Crippen molar-refractivity contribution in [2.75, 3.05) is 12.4 Å². The van der Waals surface area contributed by atoms with Crippen LogP contribution in [0.2, 0.25) is 0 Å². The lowest BCUT2D eigenvalue weighted by atomic mass is 10.0. The van der Waals surface area contributed by atoms with Gasteiger partial charge in [0.25, 0.3) is 0 Å². The number of aryl methyl sites for hydroxylation is 1. The first-order valence-corrected chi connectivity index (χ1v) is 5.45. The standard InChI is InChI=1S/C12H19N3O/c1-8(2)11(13-4)12(16)15-10-5-6-14-9(3)7-10/h5-8,11,13H,1-4H3,(H,14,15,16). The van der Waals surface area contributed by atoms with Crippen molar-refractivity contribution in [1.29, 1.82) is 0 Å². The van der Waals surface area contributed by atoms with E-state index in [0.29, 0.717) is 0 Å². The number of carbonyl (C=O) groups is 1. The molecule has 0 aliphatic heterocycles. The predicted molar refractivity (Wildman–Crippen MR) is 65.3 cm³/mol. The van der Waals surface area contributed by atoms with Crippen molar-refractivity contribution in [3.05, 3.63) is 24.0 Å². The van der Waals surface area contributed by atoms with E-state index in [-0.39, 0.29) is 17.9 Å². The summed E-state index contributed by atoms with van der Waals surface area (Å²) in [5.74, 6) is 0.246. The molecule has 1 amide bonds. The number of nitrogens with zero attached hydrogens (tertiary/aromatic N) is 1. The van der Waals surface area contributed by atoms with Crippen molar-refractivity contribution in [2.45, 2.75) is 26.8 Å². The van der Waals surface area contributed by atoms with Gasteiger partial charge in [0.15, 0.2) is 0 Å². The summed E-state index contributed by atoms with van der Waals surface area (Å²) >= 11 is 0. The van der Waals surface area contributed by atoms with Gasteiger partial charge in [0.2, 0.25) is 5.91 Å². The Balaban J connectivity index is 2.70. The Morgan fingerprint density at radius 2 is 2.12 bits per heavy atom. The van der Waals surface area contributed by atoms with Crippen molar-refractivity contribution >= 4 is 11.6 Å². The molecule has 0 radical (unpaired) electrons. The van der Waals surface area contributed by atoms with Crippen LogP contribution < -0.4 is 10.6 Å². The first kappa shape index (κ1) is 12.6. The molecule has 0 saturated heterocycles. The van der Waals surface area contributed by atoms with Gasteiger partial charge in [-0.2, -0.15) is 0 Å². The fourth-order valence-electron chi connectivity index (χ4n) is 1.61. The molecule has 88 valence electrons. The summed E-state index contributed by atoms with van der Waals surface area (Å²) in [5.41, 5.74) is 1.68. The lowest BCUT2D eigenvalue weighted by Crippen LogP contribution is -2.42. The number of pyridine rings is 1. The number of carbonyl (C=O) groups excluding carboxylic acids is 1. The Morgan fingerprint density at radius 1 is 1.44 bits per heavy atom. The van der Waals surface area contributed by atoms with E-state index in [1.54, 1.807) is 19.3 Å². The van der Waals surface area contributed by atoms with E-state index in [1.807, 2.05) is 26.8 Å². The van der Waals surface area contributed by atoms with Gasteiger partial charge in [0.05, 0.1) is 6.04 Å². The summed E-state index contributed by atoms with van der Waals surface area (Å²) in [6.45, 7) is 5.92. The monoisotopic (exact) mass is 221 g/mol. The lowest BCUT2D eigenvalue weighted by molar-refractivity contribution is -0.118. The molecule has 2 N–H and O–H groups in total. The minimum absolute atomic E-state index is 0.0110. The highest BCUT2D eigenvalue weighted by atomic mass is 16.2. The van der Waals surface area contributed by atoms with E-state index in [4.69, 9.17) is 0 Å². The number of rotatable bonds is 4. The van der Waals surface area contributed by atoms with E-state index < -0.39 is 0 Å². The minimum Gasteiger partial charge on any atom is -0.325 e. The van der Waals surface area contributed by atoms with Crippen molar-refractivity contribution < 1.29 is 4.79 Å². The van der Waals surface area contributed by atoms with E-state index in [9.17, 15) is 4.79 Å². The molecule has 1 aromatic rings.